The van der Waals surface area contributed by atoms with E-state index < -0.39 is 21.5 Å². The molecule has 0 unspecified atom stereocenters. The molecular formula is C9H7F3N2O3S. The van der Waals surface area contributed by atoms with E-state index in [1.807, 2.05) is 0 Å². The number of para-hydroxylation sites is 1. The first kappa shape index (κ1) is 12.7. The second-order valence-corrected chi connectivity index (χ2v) is 4.97. The van der Waals surface area contributed by atoms with Gasteiger partial charge in [-0.1, -0.05) is 12.1 Å². The lowest BCUT2D eigenvalue weighted by molar-refractivity contribution is -0.0501. The van der Waals surface area contributed by atoms with Gasteiger partial charge >= 0.3 is 15.6 Å². The lowest BCUT2D eigenvalue weighted by Gasteiger charge is -2.06. The maximum Gasteiger partial charge on any atom is 0.534 e. The van der Waals surface area contributed by atoms with Gasteiger partial charge in [-0.25, -0.2) is 0 Å². The average Bonchev–Trinajstić information content (AvgIpc) is 2.55. The van der Waals surface area contributed by atoms with Gasteiger partial charge in [0, 0.05) is 7.05 Å². The molecular weight excluding hydrogens is 273 g/mol. The highest BCUT2D eigenvalue weighted by Gasteiger charge is 2.49. The van der Waals surface area contributed by atoms with Crippen LogP contribution in [0.25, 0.3) is 10.9 Å². The largest absolute Gasteiger partial charge is 0.534 e. The Morgan fingerprint density at radius 2 is 1.89 bits per heavy atom. The summed E-state index contributed by atoms with van der Waals surface area (Å²) in [6, 6.07) is 6.18. The average molecular weight is 280 g/mol. The van der Waals surface area contributed by atoms with Gasteiger partial charge in [-0.15, -0.1) is 5.10 Å². The Kier molecular flexibility index (Phi) is 2.73. The van der Waals surface area contributed by atoms with Gasteiger partial charge in [0.15, 0.2) is 0 Å². The van der Waals surface area contributed by atoms with Crippen molar-refractivity contribution in [3.63, 3.8) is 0 Å². The monoisotopic (exact) mass is 280 g/mol. The Bertz CT molecular complexity index is 691. The van der Waals surface area contributed by atoms with E-state index in [1.54, 1.807) is 12.1 Å². The number of benzene rings is 1. The Labute approximate surface area is 99.9 Å². The molecule has 2 aromatic rings. The van der Waals surface area contributed by atoms with Crippen LogP contribution >= 0.6 is 0 Å². The fourth-order valence-electron chi connectivity index (χ4n) is 1.39. The zero-order valence-corrected chi connectivity index (χ0v) is 9.79. The number of rotatable bonds is 2. The van der Waals surface area contributed by atoms with Crippen LogP contribution in [0, 0.1) is 0 Å². The molecule has 2 rings (SSSR count). The molecule has 0 saturated carbocycles. The van der Waals surface area contributed by atoms with Crippen molar-refractivity contribution in [2.24, 2.45) is 7.05 Å². The van der Waals surface area contributed by atoms with Gasteiger partial charge in [0.25, 0.3) is 5.88 Å². The van der Waals surface area contributed by atoms with E-state index in [2.05, 4.69) is 9.28 Å². The summed E-state index contributed by atoms with van der Waals surface area (Å²) in [7, 11) is -4.24. The van der Waals surface area contributed by atoms with Gasteiger partial charge < -0.3 is 4.18 Å². The Hall–Kier alpha value is -1.77. The van der Waals surface area contributed by atoms with Crippen molar-refractivity contribution in [3.8, 4) is 5.88 Å². The molecule has 0 fully saturated rings. The van der Waals surface area contributed by atoms with Gasteiger partial charge in [-0.3, -0.25) is 4.68 Å². The normalized spacial score (nSPS) is 12.9. The number of alkyl halides is 3. The number of hydrogen-bond acceptors (Lipinski definition) is 4. The molecule has 0 amide bonds. The van der Waals surface area contributed by atoms with E-state index >= 15 is 0 Å². The van der Waals surface area contributed by atoms with Crippen LogP contribution in [-0.4, -0.2) is 23.7 Å². The second-order valence-electron chi connectivity index (χ2n) is 3.43. The van der Waals surface area contributed by atoms with Crippen molar-refractivity contribution >= 4 is 21.0 Å². The van der Waals surface area contributed by atoms with Gasteiger partial charge in [-0.05, 0) is 12.1 Å². The number of halogens is 3. The van der Waals surface area contributed by atoms with Crippen LogP contribution in [0.15, 0.2) is 24.3 Å². The summed E-state index contributed by atoms with van der Waals surface area (Å²) in [5.41, 5.74) is -5.02. The molecule has 0 aliphatic carbocycles. The highest BCUT2D eigenvalue weighted by Crippen LogP contribution is 2.30. The maximum atomic E-state index is 12.2. The first-order valence-corrected chi connectivity index (χ1v) is 6.06. The summed E-state index contributed by atoms with van der Waals surface area (Å²) in [6.07, 6.45) is 0. The van der Waals surface area contributed by atoms with E-state index in [9.17, 15) is 21.6 Å². The second kappa shape index (κ2) is 3.87. The molecule has 1 heterocycles. The standard InChI is InChI=1S/C9H7F3N2O3S/c1-14-7-5-3-2-4-6(7)8(13-14)17-18(15,16)9(10,11)12/h2-5H,1H3. The molecule has 0 bridgehead atoms. The minimum atomic E-state index is -5.70. The summed E-state index contributed by atoms with van der Waals surface area (Å²) in [5.74, 6) is -0.592. The van der Waals surface area contributed by atoms with Gasteiger partial charge in [0.2, 0.25) is 0 Å². The van der Waals surface area contributed by atoms with Crippen molar-refractivity contribution in [1.29, 1.82) is 0 Å². The Morgan fingerprint density at radius 1 is 1.28 bits per heavy atom. The topological polar surface area (TPSA) is 61.2 Å². The van der Waals surface area contributed by atoms with Crippen molar-refractivity contribution < 1.29 is 25.8 Å². The Morgan fingerprint density at radius 3 is 2.50 bits per heavy atom. The minimum Gasteiger partial charge on any atom is -0.353 e. The van der Waals surface area contributed by atoms with Crippen molar-refractivity contribution in [1.82, 2.24) is 9.78 Å². The predicted octanol–water partition coefficient (Wildman–Crippen LogP) is 1.80. The van der Waals surface area contributed by atoms with Crippen LogP contribution in [0.1, 0.15) is 0 Å². The molecule has 1 aromatic carbocycles. The van der Waals surface area contributed by atoms with E-state index in [0.717, 1.165) is 0 Å². The summed E-state index contributed by atoms with van der Waals surface area (Å²) >= 11 is 0. The molecule has 0 saturated heterocycles. The highest BCUT2D eigenvalue weighted by molar-refractivity contribution is 7.88. The lowest BCUT2D eigenvalue weighted by Crippen LogP contribution is -2.28. The van der Waals surface area contributed by atoms with Gasteiger partial charge in [0.1, 0.15) is 0 Å². The van der Waals surface area contributed by atoms with Crippen LogP contribution in [0.4, 0.5) is 13.2 Å². The SMILES string of the molecule is Cn1nc(OS(=O)(=O)C(F)(F)F)c2ccccc21. The third-order valence-corrected chi connectivity index (χ3v) is 3.14. The summed E-state index contributed by atoms with van der Waals surface area (Å²) in [4.78, 5) is 0. The Balaban J connectivity index is 2.52. The minimum absolute atomic E-state index is 0.188. The molecule has 0 radical (unpaired) electrons. The highest BCUT2D eigenvalue weighted by atomic mass is 32.2. The zero-order valence-electron chi connectivity index (χ0n) is 8.97. The molecule has 5 nitrogen and oxygen atoms in total. The molecule has 18 heavy (non-hydrogen) atoms. The number of fused-ring (bicyclic) bond motifs is 1. The molecule has 1 aromatic heterocycles. The van der Waals surface area contributed by atoms with Crippen LogP contribution < -0.4 is 4.18 Å². The first-order valence-electron chi connectivity index (χ1n) is 4.65. The third-order valence-electron chi connectivity index (χ3n) is 2.20. The molecule has 0 atom stereocenters. The van der Waals surface area contributed by atoms with Crippen LogP contribution in [0.2, 0.25) is 0 Å². The number of aryl methyl sites for hydroxylation is 1. The van der Waals surface area contributed by atoms with Crippen LogP contribution in [-0.2, 0) is 17.2 Å². The quantitative estimate of drug-likeness (QED) is 0.621. The zero-order chi connectivity index (χ0) is 13.6. The van der Waals surface area contributed by atoms with Crippen LogP contribution in [0.3, 0.4) is 0 Å². The molecule has 9 heteroatoms. The van der Waals surface area contributed by atoms with E-state index in [-0.39, 0.29) is 5.39 Å². The summed E-state index contributed by atoms with van der Waals surface area (Å²) in [6.45, 7) is 0. The van der Waals surface area contributed by atoms with Gasteiger partial charge in [-0.2, -0.15) is 21.6 Å². The maximum absolute atomic E-state index is 12.2. The number of nitrogens with zero attached hydrogens (tertiary/aromatic N) is 2. The summed E-state index contributed by atoms with van der Waals surface area (Å²) in [5, 5.41) is 3.79. The van der Waals surface area contributed by atoms with Crippen LogP contribution in [0.5, 0.6) is 5.88 Å². The molecule has 0 aliphatic heterocycles. The predicted molar refractivity (Wildman–Crippen MR) is 56.3 cm³/mol. The van der Waals surface area contributed by atoms with Crippen molar-refractivity contribution in [2.45, 2.75) is 5.51 Å². The molecule has 0 spiro atoms. The first-order chi connectivity index (χ1) is 8.22. The van der Waals surface area contributed by atoms with Crippen molar-refractivity contribution in [3.05, 3.63) is 24.3 Å². The van der Waals surface area contributed by atoms with Gasteiger partial charge in [0.05, 0.1) is 10.9 Å². The number of hydrogen-bond donors (Lipinski definition) is 0. The molecule has 98 valence electrons. The number of aromatic nitrogens is 2. The molecule has 0 aliphatic rings. The smallest absolute Gasteiger partial charge is 0.353 e. The fourth-order valence-corrected chi connectivity index (χ4v) is 1.82. The van der Waals surface area contributed by atoms with E-state index in [1.165, 1.54) is 23.9 Å². The van der Waals surface area contributed by atoms with Crippen molar-refractivity contribution in [2.75, 3.05) is 0 Å². The molecule has 0 N–H and O–H groups in total. The fraction of sp³-hybridized carbons (Fsp3) is 0.222. The summed E-state index contributed by atoms with van der Waals surface area (Å²) < 4.78 is 63.5. The third kappa shape index (κ3) is 2.01. The van der Waals surface area contributed by atoms with E-state index in [4.69, 9.17) is 0 Å². The van der Waals surface area contributed by atoms with E-state index in [0.29, 0.717) is 5.52 Å². The lowest BCUT2D eigenvalue weighted by atomic mass is 10.2.